The van der Waals surface area contributed by atoms with Gasteiger partial charge in [-0.05, 0) is 66.9 Å². The molecule has 1 aliphatic rings. The molecule has 0 atom stereocenters. The highest BCUT2D eigenvalue weighted by Crippen LogP contribution is 2.48. The first kappa shape index (κ1) is 28.6. The summed E-state index contributed by atoms with van der Waals surface area (Å²) in [6, 6.07) is 29.1. The molecule has 0 aliphatic carbocycles. The molecular weight excluding hydrogens is 480 g/mol. The molecule has 3 nitrogen and oxygen atoms in total. The maximum absolute atomic E-state index is 7.00. The molecule has 1 aliphatic heterocycles. The van der Waals surface area contributed by atoms with Crippen molar-refractivity contribution >= 4 is 35.1 Å². The topological polar surface area (TPSA) is 26.7 Å². The van der Waals surface area contributed by atoms with E-state index in [1.54, 1.807) is 0 Å². The van der Waals surface area contributed by atoms with Crippen LogP contribution in [0.5, 0.6) is 0 Å². The van der Waals surface area contributed by atoms with Crippen molar-refractivity contribution in [2.45, 2.75) is 74.2 Å². The minimum Gasteiger partial charge on any atom is -0.400 e. The number of benzene rings is 3. The average Bonchev–Trinajstić information content (AvgIpc) is 3.07. The Labute approximate surface area is 227 Å². The van der Waals surface area contributed by atoms with E-state index < -0.39 is 0 Å². The molecule has 0 spiro atoms. The number of anilines is 2. The van der Waals surface area contributed by atoms with Crippen molar-refractivity contribution in [1.82, 2.24) is 4.31 Å². The number of rotatable bonds is 10. The summed E-state index contributed by atoms with van der Waals surface area (Å²) in [7, 11) is 1.00. The molecule has 0 unspecified atom stereocenters. The summed E-state index contributed by atoms with van der Waals surface area (Å²) in [5, 5.41) is 7.00. The molecule has 0 bridgehead atoms. The van der Waals surface area contributed by atoms with E-state index in [0.717, 1.165) is 20.2 Å². The van der Waals surface area contributed by atoms with Crippen LogP contribution in [-0.2, 0) is 6.54 Å². The lowest BCUT2D eigenvalue weighted by Crippen LogP contribution is -2.51. The summed E-state index contributed by atoms with van der Waals surface area (Å²) >= 11 is 3.81. The third-order valence-electron chi connectivity index (χ3n) is 6.88. The summed E-state index contributed by atoms with van der Waals surface area (Å²) in [6.07, 6.45) is 9.58. The summed E-state index contributed by atoms with van der Waals surface area (Å²) in [5.74, 6) is 0. The van der Waals surface area contributed by atoms with Gasteiger partial charge in [0.25, 0.3) is 0 Å². The lowest BCUT2D eigenvalue weighted by Gasteiger charge is -2.44. The lowest BCUT2D eigenvalue weighted by molar-refractivity contribution is 0.167. The van der Waals surface area contributed by atoms with E-state index in [1.807, 2.05) is 23.7 Å². The summed E-state index contributed by atoms with van der Waals surface area (Å²) < 4.78 is 2.74. The normalized spacial score (nSPS) is 15.0. The maximum Gasteiger partial charge on any atom is 0.0574 e. The number of thioether (sulfide) groups is 1. The Morgan fingerprint density at radius 3 is 2.06 bits per heavy atom. The van der Waals surface area contributed by atoms with Crippen LogP contribution in [0, 0.1) is 0 Å². The molecule has 3 aromatic carbocycles. The van der Waals surface area contributed by atoms with Crippen LogP contribution in [-0.4, -0.2) is 34.9 Å². The first-order chi connectivity index (χ1) is 17.7. The van der Waals surface area contributed by atoms with Gasteiger partial charge in [-0.25, -0.2) is 4.31 Å². The van der Waals surface area contributed by atoms with E-state index in [0.29, 0.717) is 0 Å². The van der Waals surface area contributed by atoms with Crippen LogP contribution in [0.3, 0.4) is 0 Å². The zero-order valence-electron chi connectivity index (χ0n) is 22.3. The van der Waals surface area contributed by atoms with Gasteiger partial charge >= 0.3 is 0 Å². The zero-order chi connectivity index (χ0) is 25.8. The standard InChI is InChI=1S/C30H38N2S2.CH4O/c1-4-6-20-30(21-7-5-2)24-31(26-16-12-9-13-17-26)28-22-27(33-3)18-19-29(28)34-32(30)23-25-14-10-8-11-15-25;1-2/h8-19,22H,4-7,20-21,23-24H2,1-3H3;2H,1H3. The fourth-order valence-electron chi connectivity index (χ4n) is 4.92. The number of fused-ring (bicyclic) bond motifs is 1. The number of aliphatic hydroxyl groups excluding tert-OH is 1. The molecule has 0 amide bonds. The number of aliphatic hydroxyl groups is 1. The molecule has 3 aromatic rings. The zero-order valence-corrected chi connectivity index (χ0v) is 24.0. The van der Waals surface area contributed by atoms with Crippen LogP contribution in [0.15, 0.2) is 88.7 Å². The number of para-hydroxylation sites is 1. The molecule has 4 rings (SSSR count). The van der Waals surface area contributed by atoms with Gasteiger partial charge in [0, 0.05) is 41.2 Å². The third kappa shape index (κ3) is 7.10. The SMILES string of the molecule is CCCCC1(CCCC)CN(c2ccccc2)c2cc(SC)ccc2SN1Cc1ccccc1.CO. The molecule has 194 valence electrons. The van der Waals surface area contributed by atoms with E-state index in [4.69, 9.17) is 5.11 Å². The Hall–Kier alpha value is -1.92. The van der Waals surface area contributed by atoms with E-state index in [9.17, 15) is 0 Å². The van der Waals surface area contributed by atoms with Crippen molar-refractivity contribution in [2.24, 2.45) is 0 Å². The maximum atomic E-state index is 7.00. The Kier molecular flexibility index (Phi) is 11.7. The largest absolute Gasteiger partial charge is 0.400 e. The molecule has 0 fully saturated rings. The summed E-state index contributed by atoms with van der Waals surface area (Å²) in [6.45, 7) is 6.63. The summed E-state index contributed by atoms with van der Waals surface area (Å²) in [4.78, 5) is 5.29. The Bertz CT molecular complexity index is 1020. The van der Waals surface area contributed by atoms with Crippen LogP contribution in [0.1, 0.15) is 57.9 Å². The van der Waals surface area contributed by atoms with E-state index >= 15 is 0 Å². The second-order valence-corrected chi connectivity index (χ2v) is 11.2. The predicted molar refractivity (Wildman–Crippen MR) is 159 cm³/mol. The van der Waals surface area contributed by atoms with Gasteiger partial charge in [0.05, 0.1) is 5.69 Å². The Balaban J connectivity index is 0.00000176. The van der Waals surface area contributed by atoms with Gasteiger partial charge in [-0.2, -0.15) is 0 Å². The van der Waals surface area contributed by atoms with Gasteiger partial charge in [-0.3, -0.25) is 0 Å². The van der Waals surface area contributed by atoms with Crippen molar-refractivity contribution in [3.05, 3.63) is 84.4 Å². The quantitative estimate of drug-likeness (QED) is 0.212. The Morgan fingerprint density at radius 2 is 1.47 bits per heavy atom. The molecular formula is C31H42N2OS2. The molecule has 5 heteroatoms. The first-order valence-electron chi connectivity index (χ1n) is 13.1. The van der Waals surface area contributed by atoms with E-state index in [2.05, 4.69) is 108 Å². The third-order valence-corrected chi connectivity index (χ3v) is 8.88. The Morgan fingerprint density at radius 1 is 0.861 bits per heavy atom. The van der Waals surface area contributed by atoms with Crippen molar-refractivity contribution in [3.8, 4) is 0 Å². The van der Waals surface area contributed by atoms with Crippen LogP contribution in [0.25, 0.3) is 0 Å². The van der Waals surface area contributed by atoms with Crippen LogP contribution in [0.4, 0.5) is 11.4 Å². The minimum atomic E-state index is 0.0981. The summed E-state index contributed by atoms with van der Waals surface area (Å²) in [5.41, 5.74) is 4.13. The van der Waals surface area contributed by atoms with Crippen molar-refractivity contribution in [2.75, 3.05) is 24.8 Å². The molecule has 36 heavy (non-hydrogen) atoms. The number of unbranched alkanes of at least 4 members (excludes halogenated alkanes) is 2. The lowest BCUT2D eigenvalue weighted by atomic mass is 9.85. The van der Waals surface area contributed by atoms with Gasteiger partial charge in [0.15, 0.2) is 0 Å². The molecule has 0 saturated heterocycles. The molecule has 1 N–H and O–H groups in total. The van der Waals surface area contributed by atoms with Crippen LogP contribution in [0.2, 0.25) is 0 Å². The van der Waals surface area contributed by atoms with Gasteiger partial charge in [-0.15, -0.1) is 11.8 Å². The molecule has 0 saturated carbocycles. The van der Waals surface area contributed by atoms with Crippen LogP contribution >= 0.6 is 23.7 Å². The minimum absolute atomic E-state index is 0.0981. The highest BCUT2D eigenvalue weighted by Gasteiger charge is 2.42. The van der Waals surface area contributed by atoms with Gasteiger partial charge in [0.1, 0.15) is 0 Å². The average molecular weight is 523 g/mol. The fraction of sp³-hybridized carbons (Fsp3) is 0.419. The molecule has 1 heterocycles. The van der Waals surface area contributed by atoms with Gasteiger partial charge in [0.2, 0.25) is 0 Å². The number of hydrogen-bond acceptors (Lipinski definition) is 5. The van der Waals surface area contributed by atoms with Crippen LogP contribution < -0.4 is 4.90 Å². The van der Waals surface area contributed by atoms with Gasteiger partial charge < -0.3 is 10.0 Å². The van der Waals surface area contributed by atoms with Crippen molar-refractivity contribution in [1.29, 1.82) is 0 Å². The van der Waals surface area contributed by atoms with Crippen molar-refractivity contribution < 1.29 is 5.11 Å². The molecule has 0 aromatic heterocycles. The molecule has 0 radical (unpaired) electrons. The van der Waals surface area contributed by atoms with E-state index in [1.165, 1.54) is 65.3 Å². The predicted octanol–water partition coefficient (Wildman–Crippen LogP) is 8.80. The van der Waals surface area contributed by atoms with E-state index in [-0.39, 0.29) is 5.54 Å². The monoisotopic (exact) mass is 522 g/mol. The number of hydrogen-bond donors (Lipinski definition) is 1. The second kappa shape index (κ2) is 14.7. The van der Waals surface area contributed by atoms with Gasteiger partial charge in [-0.1, -0.05) is 88.1 Å². The highest BCUT2D eigenvalue weighted by atomic mass is 32.2. The highest BCUT2D eigenvalue weighted by molar-refractivity contribution is 7.98. The fourth-order valence-corrected chi connectivity index (χ4v) is 6.63. The first-order valence-corrected chi connectivity index (χ1v) is 15.1. The second-order valence-electron chi connectivity index (χ2n) is 9.30. The smallest absolute Gasteiger partial charge is 0.0574 e. The van der Waals surface area contributed by atoms with Crippen molar-refractivity contribution in [3.63, 3.8) is 0 Å². The number of nitrogens with zero attached hydrogens (tertiary/aromatic N) is 2.